The van der Waals surface area contributed by atoms with Gasteiger partial charge in [-0.3, -0.25) is 0 Å². The molecule has 0 aromatic heterocycles. The highest BCUT2D eigenvalue weighted by molar-refractivity contribution is 5.12. The van der Waals surface area contributed by atoms with E-state index in [4.69, 9.17) is 0 Å². The lowest BCUT2D eigenvalue weighted by atomic mass is 9.99. The highest BCUT2D eigenvalue weighted by Crippen LogP contribution is 2.18. The Bertz CT molecular complexity index is 186. The van der Waals surface area contributed by atoms with Crippen LogP contribution < -0.4 is 0 Å². The van der Waals surface area contributed by atoms with Gasteiger partial charge >= 0.3 is 0 Å². The highest BCUT2D eigenvalue weighted by Gasteiger charge is 1.98. The number of allylic oxidation sites excluding steroid dienone is 4. The molecule has 1 aliphatic rings. The fourth-order valence-corrected chi connectivity index (χ4v) is 1.96. The van der Waals surface area contributed by atoms with Gasteiger partial charge in [-0.15, -0.1) is 0 Å². The third-order valence-electron chi connectivity index (χ3n) is 2.94. The van der Waals surface area contributed by atoms with E-state index in [1.54, 1.807) is 5.57 Å². The average molecular weight is 192 g/mol. The van der Waals surface area contributed by atoms with Crippen molar-refractivity contribution in [2.75, 3.05) is 0 Å². The fraction of sp³-hybridized carbons (Fsp3) is 0.714. The summed E-state index contributed by atoms with van der Waals surface area (Å²) in [6.07, 6.45) is 19.2. The van der Waals surface area contributed by atoms with Gasteiger partial charge in [0.15, 0.2) is 0 Å². The summed E-state index contributed by atoms with van der Waals surface area (Å²) in [6.45, 7) is 2.27. The first kappa shape index (κ1) is 11.6. The van der Waals surface area contributed by atoms with Crippen LogP contribution in [0.1, 0.15) is 64.7 Å². The summed E-state index contributed by atoms with van der Waals surface area (Å²) < 4.78 is 0. The number of rotatable bonds is 3. The van der Waals surface area contributed by atoms with Crippen LogP contribution in [0.25, 0.3) is 0 Å². The third kappa shape index (κ3) is 5.26. The van der Waals surface area contributed by atoms with E-state index in [2.05, 4.69) is 25.2 Å². The molecule has 0 unspecified atom stereocenters. The molecule has 80 valence electrons. The van der Waals surface area contributed by atoms with E-state index in [1.165, 1.54) is 57.8 Å². The summed E-state index contributed by atoms with van der Waals surface area (Å²) in [6, 6.07) is 0. The second-order valence-electron chi connectivity index (χ2n) is 4.31. The van der Waals surface area contributed by atoms with E-state index < -0.39 is 0 Å². The minimum atomic E-state index is 1.28. The molecule has 0 saturated carbocycles. The molecule has 14 heavy (non-hydrogen) atoms. The number of hydrogen-bond acceptors (Lipinski definition) is 0. The van der Waals surface area contributed by atoms with Gasteiger partial charge in [0.25, 0.3) is 0 Å². The van der Waals surface area contributed by atoms with E-state index >= 15 is 0 Å². The molecule has 0 amide bonds. The zero-order valence-electron chi connectivity index (χ0n) is 9.60. The van der Waals surface area contributed by atoms with E-state index in [-0.39, 0.29) is 0 Å². The molecule has 0 saturated heterocycles. The lowest BCUT2D eigenvalue weighted by molar-refractivity contribution is 0.628. The predicted molar refractivity (Wildman–Crippen MR) is 64.5 cm³/mol. The standard InChI is InChI=1S/C14H24/c1-2-3-11-14-12-9-7-5-4-6-8-10-13-14/h7,9,12H,2-6,8,10-11,13H2,1H3/b9-7+,14-12-. The van der Waals surface area contributed by atoms with Crippen LogP contribution in [0, 0.1) is 0 Å². The molecular weight excluding hydrogens is 168 g/mol. The Kier molecular flexibility index (Phi) is 6.47. The van der Waals surface area contributed by atoms with Crippen molar-refractivity contribution in [3.8, 4) is 0 Å². The van der Waals surface area contributed by atoms with E-state index in [9.17, 15) is 0 Å². The van der Waals surface area contributed by atoms with Crippen LogP contribution in [-0.2, 0) is 0 Å². The normalized spacial score (nSPS) is 25.1. The van der Waals surface area contributed by atoms with Crippen LogP contribution in [0.15, 0.2) is 23.8 Å². The summed E-state index contributed by atoms with van der Waals surface area (Å²) in [4.78, 5) is 0. The SMILES string of the molecule is CCCC/C1=C/C=C/CCCCCC1. The Morgan fingerprint density at radius 2 is 2.00 bits per heavy atom. The van der Waals surface area contributed by atoms with E-state index in [0.29, 0.717) is 0 Å². The molecule has 0 aromatic carbocycles. The van der Waals surface area contributed by atoms with Crippen LogP contribution in [0.5, 0.6) is 0 Å². The minimum absolute atomic E-state index is 1.28. The first-order valence-electron chi connectivity index (χ1n) is 6.28. The van der Waals surface area contributed by atoms with Crippen molar-refractivity contribution in [2.45, 2.75) is 64.7 Å². The van der Waals surface area contributed by atoms with Gasteiger partial charge in [-0.05, 0) is 38.5 Å². The quantitative estimate of drug-likeness (QED) is 0.589. The first-order chi connectivity index (χ1) is 6.93. The Morgan fingerprint density at radius 3 is 2.86 bits per heavy atom. The molecule has 0 nitrogen and oxygen atoms in total. The lowest BCUT2D eigenvalue weighted by Crippen LogP contribution is -1.87. The van der Waals surface area contributed by atoms with Crippen LogP contribution in [0.2, 0.25) is 0 Å². The van der Waals surface area contributed by atoms with Gasteiger partial charge < -0.3 is 0 Å². The average Bonchev–Trinajstić information content (AvgIpc) is 2.23. The summed E-state index contributed by atoms with van der Waals surface area (Å²) in [5.41, 5.74) is 1.67. The summed E-state index contributed by atoms with van der Waals surface area (Å²) in [5, 5.41) is 0. The van der Waals surface area contributed by atoms with E-state index in [1.807, 2.05) is 0 Å². The Labute approximate surface area is 89.1 Å². The van der Waals surface area contributed by atoms with Gasteiger partial charge in [-0.2, -0.15) is 0 Å². The maximum Gasteiger partial charge on any atom is -0.0317 e. The second kappa shape index (κ2) is 7.84. The summed E-state index contributed by atoms with van der Waals surface area (Å²) >= 11 is 0. The summed E-state index contributed by atoms with van der Waals surface area (Å²) in [5.74, 6) is 0. The predicted octanol–water partition coefficient (Wildman–Crippen LogP) is 5.01. The zero-order chi connectivity index (χ0) is 10.1. The molecule has 1 aliphatic carbocycles. The Balaban J connectivity index is 2.40. The van der Waals surface area contributed by atoms with Crippen LogP contribution in [0.4, 0.5) is 0 Å². The van der Waals surface area contributed by atoms with E-state index in [0.717, 1.165) is 0 Å². The topological polar surface area (TPSA) is 0 Å². The first-order valence-corrected chi connectivity index (χ1v) is 6.28. The highest BCUT2D eigenvalue weighted by atomic mass is 14.0. The molecule has 0 aromatic rings. The van der Waals surface area contributed by atoms with Crippen LogP contribution in [0.3, 0.4) is 0 Å². The molecular formula is C14H24. The molecule has 0 N–H and O–H groups in total. The smallest absolute Gasteiger partial charge is 0.0317 e. The monoisotopic (exact) mass is 192 g/mol. The summed E-state index contributed by atoms with van der Waals surface area (Å²) in [7, 11) is 0. The Hall–Kier alpha value is -0.520. The van der Waals surface area contributed by atoms with Crippen molar-refractivity contribution < 1.29 is 0 Å². The molecule has 0 heteroatoms. The van der Waals surface area contributed by atoms with Gasteiger partial charge in [0, 0.05) is 0 Å². The van der Waals surface area contributed by atoms with Gasteiger partial charge in [-0.25, -0.2) is 0 Å². The van der Waals surface area contributed by atoms with Crippen molar-refractivity contribution in [3.05, 3.63) is 23.8 Å². The molecule has 0 heterocycles. The van der Waals surface area contributed by atoms with Gasteiger partial charge in [0.2, 0.25) is 0 Å². The maximum atomic E-state index is 2.36. The van der Waals surface area contributed by atoms with Crippen LogP contribution in [-0.4, -0.2) is 0 Å². The Morgan fingerprint density at radius 1 is 1.14 bits per heavy atom. The maximum absolute atomic E-state index is 2.36. The van der Waals surface area contributed by atoms with Gasteiger partial charge in [0.05, 0.1) is 0 Å². The second-order valence-corrected chi connectivity index (χ2v) is 4.31. The minimum Gasteiger partial charge on any atom is -0.0845 e. The lowest BCUT2D eigenvalue weighted by Gasteiger charge is -2.07. The van der Waals surface area contributed by atoms with Crippen LogP contribution >= 0.6 is 0 Å². The molecule has 0 radical (unpaired) electrons. The number of unbranched alkanes of at least 4 members (excludes halogenated alkanes) is 1. The number of hydrogen-bond donors (Lipinski definition) is 0. The van der Waals surface area contributed by atoms with Gasteiger partial charge in [0.1, 0.15) is 0 Å². The molecule has 0 atom stereocenters. The molecule has 1 rings (SSSR count). The van der Waals surface area contributed by atoms with Gasteiger partial charge in [-0.1, -0.05) is 50.0 Å². The molecule has 0 fully saturated rings. The zero-order valence-corrected chi connectivity index (χ0v) is 9.60. The molecule has 0 aliphatic heterocycles. The van der Waals surface area contributed by atoms with Crippen molar-refractivity contribution in [1.82, 2.24) is 0 Å². The third-order valence-corrected chi connectivity index (χ3v) is 2.94. The van der Waals surface area contributed by atoms with Crippen molar-refractivity contribution in [3.63, 3.8) is 0 Å². The van der Waals surface area contributed by atoms with Crippen molar-refractivity contribution in [1.29, 1.82) is 0 Å². The van der Waals surface area contributed by atoms with Crippen molar-refractivity contribution in [2.24, 2.45) is 0 Å². The molecule has 0 bridgehead atoms. The van der Waals surface area contributed by atoms with Crippen molar-refractivity contribution >= 4 is 0 Å². The fourth-order valence-electron chi connectivity index (χ4n) is 1.96. The largest absolute Gasteiger partial charge is 0.0845 e. The molecule has 0 spiro atoms.